The van der Waals surface area contributed by atoms with Crippen LogP contribution in [0.1, 0.15) is 95.0 Å². The number of aromatic nitrogens is 2. The summed E-state index contributed by atoms with van der Waals surface area (Å²) in [6.45, 7) is 12.6. The Morgan fingerprint density at radius 3 is 2.06 bits per heavy atom. The zero-order valence-electron chi connectivity index (χ0n) is 31.7. The van der Waals surface area contributed by atoms with E-state index >= 15 is 0 Å². The summed E-state index contributed by atoms with van der Waals surface area (Å²) in [4.78, 5) is 21.7. The number of pyridine rings is 2. The molecule has 1 N–H and O–H groups in total. The molecule has 1 spiro atoms. The van der Waals surface area contributed by atoms with Crippen molar-refractivity contribution >= 4 is 27.3 Å². The summed E-state index contributed by atoms with van der Waals surface area (Å²) in [5, 5.41) is 14.5. The molecule has 0 amide bonds. The number of carbonyl (C=O) groups is 1. The van der Waals surface area contributed by atoms with Gasteiger partial charge in [-0.2, -0.15) is 0 Å². The van der Waals surface area contributed by atoms with E-state index in [1.54, 1.807) is 0 Å². The van der Waals surface area contributed by atoms with Crippen molar-refractivity contribution < 1.29 is 30.0 Å². The first-order valence-corrected chi connectivity index (χ1v) is 19.1. The van der Waals surface area contributed by atoms with Crippen LogP contribution in [0, 0.1) is 23.8 Å². The molecule has 0 fully saturated rings. The second kappa shape index (κ2) is 15.9. The van der Waals surface area contributed by atoms with Crippen LogP contribution in [0.25, 0.3) is 43.9 Å². The standard InChI is InChI=1S/C35H25N2.C13H24O2.Ir/c1-21(2)16-22-14-15-23-19-37-34-27-11-7-8-24-18-36-20-31(32(24)27)35(33(34)28(23)17-22)29-12-5-3-9-25(29)26-10-4-6-13-30(26)35;1-5-10(6-2)12(14)9-13(15)11(7-3)8-4;/h3-10,12-15,17-21H,16H2,1-2H3;9-11,14H,5-8H2,1-4H3;/q-1;;/b;12-9-;. The summed E-state index contributed by atoms with van der Waals surface area (Å²) in [5.74, 6) is 1.13. The maximum atomic E-state index is 11.7. The molecule has 1 radical (unpaired) electrons. The minimum atomic E-state index is -0.500. The largest absolute Gasteiger partial charge is 0.512 e. The number of rotatable bonds is 9. The van der Waals surface area contributed by atoms with E-state index in [2.05, 4.69) is 98.9 Å². The monoisotopic (exact) mass is 878 g/mol. The van der Waals surface area contributed by atoms with Gasteiger partial charge in [0, 0.05) is 56.6 Å². The molecule has 8 rings (SSSR count). The maximum absolute atomic E-state index is 11.7. The van der Waals surface area contributed by atoms with Crippen molar-refractivity contribution in [3.05, 3.63) is 143 Å². The van der Waals surface area contributed by atoms with Gasteiger partial charge in [0.15, 0.2) is 5.78 Å². The fourth-order valence-corrected chi connectivity index (χ4v) is 8.78. The Labute approximate surface area is 328 Å². The molecule has 0 aliphatic heterocycles. The molecule has 0 atom stereocenters. The van der Waals surface area contributed by atoms with E-state index in [0.29, 0.717) is 5.92 Å². The minimum absolute atomic E-state index is 0. The molecule has 2 aliphatic rings. The molecule has 4 nitrogen and oxygen atoms in total. The minimum Gasteiger partial charge on any atom is -0.512 e. The van der Waals surface area contributed by atoms with E-state index in [0.717, 1.165) is 48.7 Å². The van der Waals surface area contributed by atoms with Crippen LogP contribution in [0.2, 0.25) is 0 Å². The number of carbonyl (C=O) groups excluding carboxylic acids is 1. The summed E-state index contributed by atoms with van der Waals surface area (Å²) >= 11 is 0. The maximum Gasteiger partial charge on any atom is 0.162 e. The third-order valence-electron chi connectivity index (χ3n) is 11.4. The Hall–Kier alpha value is -4.44. The Balaban J connectivity index is 0.000000258. The van der Waals surface area contributed by atoms with Crippen LogP contribution in [0.4, 0.5) is 0 Å². The first-order chi connectivity index (χ1) is 25.3. The van der Waals surface area contributed by atoms with Gasteiger partial charge in [-0.1, -0.05) is 119 Å². The molecule has 4 aromatic carbocycles. The number of benzene rings is 4. The zero-order chi connectivity index (χ0) is 36.6. The van der Waals surface area contributed by atoms with E-state index in [1.165, 1.54) is 61.2 Å². The average molecular weight is 878 g/mol. The van der Waals surface area contributed by atoms with Gasteiger partial charge in [-0.3, -0.25) is 9.78 Å². The number of allylic oxidation sites excluding steroid dienone is 2. The van der Waals surface area contributed by atoms with Crippen molar-refractivity contribution in [2.45, 2.75) is 79.1 Å². The van der Waals surface area contributed by atoms with Gasteiger partial charge in [0.1, 0.15) is 0 Å². The smallest absolute Gasteiger partial charge is 0.162 e. The first-order valence-electron chi connectivity index (χ1n) is 19.1. The van der Waals surface area contributed by atoms with E-state index in [4.69, 9.17) is 9.97 Å². The van der Waals surface area contributed by atoms with Crippen LogP contribution >= 0.6 is 0 Å². The summed E-state index contributed by atoms with van der Waals surface area (Å²) in [6, 6.07) is 32.5. The Morgan fingerprint density at radius 2 is 1.43 bits per heavy atom. The van der Waals surface area contributed by atoms with Crippen molar-refractivity contribution in [3.8, 4) is 22.4 Å². The summed E-state index contributed by atoms with van der Waals surface area (Å²) < 4.78 is 0. The molecule has 2 aromatic heterocycles. The van der Waals surface area contributed by atoms with Gasteiger partial charge >= 0.3 is 0 Å². The molecule has 0 bridgehead atoms. The predicted molar refractivity (Wildman–Crippen MR) is 215 cm³/mol. The molecule has 2 heterocycles. The second-order valence-electron chi connectivity index (χ2n) is 14.8. The third-order valence-corrected chi connectivity index (χ3v) is 11.4. The fourth-order valence-electron chi connectivity index (χ4n) is 8.78. The van der Waals surface area contributed by atoms with Crippen molar-refractivity contribution in [3.63, 3.8) is 0 Å². The topological polar surface area (TPSA) is 63.1 Å². The van der Waals surface area contributed by atoms with Crippen molar-refractivity contribution in [2.24, 2.45) is 17.8 Å². The van der Waals surface area contributed by atoms with Crippen LogP contribution < -0.4 is 0 Å². The Morgan fingerprint density at radius 1 is 0.792 bits per heavy atom. The fraction of sp³-hybridized carbons (Fsp3) is 0.312. The van der Waals surface area contributed by atoms with Crippen LogP contribution in [-0.2, 0) is 36.7 Å². The Kier molecular flexibility index (Phi) is 11.5. The van der Waals surface area contributed by atoms with E-state index in [-0.39, 0.29) is 43.5 Å². The third kappa shape index (κ3) is 6.47. The molecule has 0 saturated carbocycles. The molecule has 273 valence electrons. The normalized spacial score (nSPS) is 13.5. The average Bonchev–Trinajstić information content (AvgIpc) is 3.45. The van der Waals surface area contributed by atoms with Crippen molar-refractivity contribution in [2.75, 3.05) is 0 Å². The predicted octanol–water partition coefficient (Wildman–Crippen LogP) is 12.0. The number of nitrogens with zero attached hydrogens (tertiary/aromatic N) is 2. The summed E-state index contributed by atoms with van der Waals surface area (Å²) in [6.07, 6.45) is 12.1. The second-order valence-corrected chi connectivity index (χ2v) is 14.8. The van der Waals surface area contributed by atoms with Crippen molar-refractivity contribution in [1.29, 1.82) is 0 Å². The summed E-state index contributed by atoms with van der Waals surface area (Å²) in [7, 11) is 0. The van der Waals surface area contributed by atoms with Gasteiger partial charge in [-0.25, -0.2) is 0 Å². The number of hydrogen-bond acceptors (Lipinski definition) is 4. The van der Waals surface area contributed by atoms with E-state index < -0.39 is 5.41 Å². The van der Waals surface area contributed by atoms with Crippen LogP contribution in [0.3, 0.4) is 0 Å². The SMILES string of the molecule is CC(C)Cc1ccc2cnc3c(c2c1)C1(c2ccccc2-c2ccccc21)c1cncc2cc[c-]c-3c12.CCC(CC)C(=O)/C=C(\O)C(CC)CC.[Ir]. The van der Waals surface area contributed by atoms with E-state index in [9.17, 15) is 9.90 Å². The van der Waals surface area contributed by atoms with Gasteiger partial charge in [-0.15, -0.1) is 23.8 Å². The quantitative estimate of drug-likeness (QED) is 0.0891. The van der Waals surface area contributed by atoms with Gasteiger partial charge < -0.3 is 10.1 Å². The van der Waals surface area contributed by atoms with Crippen molar-refractivity contribution in [1.82, 2.24) is 9.97 Å². The number of aliphatic hydroxyl groups excluding tert-OH is 1. The van der Waals surface area contributed by atoms with Crippen LogP contribution in [-0.4, -0.2) is 20.9 Å². The van der Waals surface area contributed by atoms with Gasteiger partial charge in [0.25, 0.3) is 0 Å². The molecule has 5 heteroatoms. The summed E-state index contributed by atoms with van der Waals surface area (Å²) in [5.41, 5.74) is 10.7. The number of aliphatic hydroxyl groups is 1. The zero-order valence-corrected chi connectivity index (χ0v) is 34.1. The van der Waals surface area contributed by atoms with E-state index in [1.807, 2.05) is 46.2 Å². The van der Waals surface area contributed by atoms with Gasteiger partial charge in [0.2, 0.25) is 0 Å². The molecule has 53 heavy (non-hydrogen) atoms. The molecular formula is C48H49IrN2O2-. The number of hydrogen-bond donors (Lipinski definition) is 1. The first kappa shape index (κ1) is 38.3. The van der Waals surface area contributed by atoms with Gasteiger partial charge in [0.05, 0.1) is 11.2 Å². The molecule has 0 saturated heterocycles. The molecule has 2 aliphatic carbocycles. The Bertz CT molecular complexity index is 2260. The number of ketones is 1. The number of fused-ring (bicyclic) bond motifs is 11. The van der Waals surface area contributed by atoms with Crippen LogP contribution in [0.5, 0.6) is 0 Å². The van der Waals surface area contributed by atoms with Crippen LogP contribution in [0.15, 0.2) is 109 Å². The molecular weight excluding hydrogens is 829 g/mol. The molecule has 0 unspecified atom stereocenters. The molecule has 6 aromatic rings. The van der Waals surface area contributed by atoms with Gasteiger partial charge in [-0.05, 0) is 93.4 Å².